The zero-order valence-electron chi connectivity index (χ0n) is 19.4. The Hall–Kier alpha value is -2.67. The minimum Gasteiger partial charge on any atom is -0.451 e. The number of furan rings is 1. The fourth-order valence-electron chi connectivity index (χ4n) is 5.30. The minimum absolute atomic E-state index is 0.0119. The number of ether oxygens (including phenoxy) is 1. The second-order valence-corrected chi connectivity index (χ2v) is 9.77. The van der Waals surface area contributed by atoms with E-state index in [9.17, 15) is 9.90 Å². The van der Waals surface area contributed by atoms with Gasteiger partial charge >= 0.3 is 0 Å². The molecule has 2 aromatic carbocycles. The van der Waals surface area contributed by atoms with Crippen LogP contribution in [-0.4, -0.2) is 54.3 Å². The summed E-state index contributed by atoms with van der Waals surface area (Å²) in [5.74, 6) is 0.240. The first-order valence-electron chi connectivity index (χ1n) is 12.0. The van der Waals surface area contributed by atoms with Crippen LogP contribution in [0.5, 0.6) is 0 Å². The summed E-state index contributed by atoms with van der Waals surface area (Å²) >= 11 is 0. The highest BCUT2D eigenvalue weighted by Crippen LogP contribution is 2.33. The van der Waals surface area contributed by atoms with Crippen molar-refractivity contribution in [2.45, 2.75) is 51.0 Å². The molecule has 5 rings (SSSR count). The molecule has 3 heterocycles. The number of nitrogens with one attached hydrogen (secondary N) is 1. The molecule has 0 aliphatic carbocycles. The van der Waals surface area contributed by atoms with Crippen molar-refractivity contribution in [3.05, 3.63) is 71.5 Å². The Morgan fingerprint density at radius 3 is 2.45 bits per heavy atom. The number of nitrogens with zero attached hydrogens (tertiary/aromatic N) is 1. The van der Waals surface area contributed by atoms with Gasteiger partial charge in [-0.2, -0.15) is 0 Å². The van der Waals surface area contributed by atoms with E-state index in [-0.39, 0.29) is 18.1 Å². The SMILES string of the molecule is CC1CN(C(=O)c2cc3cc(C4(O)CC[NH+](Cc5ccccc5)CC4)ccc3o2)CC(C)O1. The Labute approximate surface area is 194 Å². The Morgan fingerprint density at radius 2 is 1.76 bits per heavy atom. The van der Waals surface area contributed by atoms with Crippen LogP contribution in [0.2, 0.25) is 0 Å². The Kier molecular flexibility index (Phi) is 5.99. The first-order chi connectivity index (χ1) is 15.9. The minimum atomic E-state index is -0.842. The number of amides is 1. The smallest absolute Gasteiger partial charge is 0.289 e. The predicted molar refractivity (Wildman–Crippen MR) is 126 cm³/mol. The van der Waals surface area contributed by atoms with Crippen molar-refractivity contribution >= 4 is 16.9 Å². The number of hydrogen-bond acceptors (Lipinski definition) is 4. The fourth-order valence-corrected chi connectivity index (χ4v) is 5.30. The monoisotopic (exact) mass is 449 g/mol. The molecule has 2 saturated heterocycles. The highest BCUT2D eigenvalue weighted by molar-refractivity contribution is 5.96. The van der Waals surface area contributed by atoms with Gasteiger partial charge in [-0.15, -0.1) is 0 Å². The summed E-state index contributed by atoms with van der Waals surface area (Å²) in [5, 5.41) is 12.3. The van der Waals surface area contributed by atoms with Crippen molar-refractivity contribution in [1.82, 2.24) is 4.90 Å². The number of hydrogen-bond donors (Lipinski definition) is 2. The number of quaternary nitrogens is 1. The lowest BCUT2D eigenvalue weighted by Crippen LogP contribution is -3.12. The predicted octanol–water partition coefficient (Wildman–Crippen LogP) is 2.75. The Bertz CT molecular complexity index is 1110. The van der Waals surface area contributed by atoms with Gasteiger partial charge in [0.1, 0.15) is 17.7 Å². The zero-order chi connectivity index (χ0) is 23.0. The molecule has 0 saturated carbocycles. The normalized spacial score (nSPS) is 28.2. The van der Waals surface area contributed by atoms with Gasteiger partial charge in [0.25, 0.3) is 5.91 Å². The average Bonchev–Trinajstić information content (AvgIpc) is 3.24. The van der Waals surface area contributed by atoms with E-state index in [1.807, 2.05) is 44.2 Å². The van der Waals surface area contributed by atoms with Crippen molar-refractivity contribution in [3.8, 4) is 0 Å². The largest absolute Gasteiger partial charge is 0.451 e. The maximum Gasteiger partial charge on any atom is 0.289 e. The van der Waals surface area contributed by atoms with Gasteiger partial charge in [0, 0.05) is 36.9 Å². The molecule has 1 amide bonds. The molecule has 2 N–H and O–H groups in total. The lowest BCUT2D eigenvalue weighted by molar-refractivity contribution is -0.921. The number of morpholine rings is 1. The van der Waals surface area contributed by atoms with Gasteiger partial charge in [0.05, 0.1) is 25.3 Å². The topological polar surface area (TPSA) is 67.4 Å². The Balaban J connectivity index is 1.29. The maximum atomic E-state index is 13.0. The summed E-state index contributed by atoms with van der Waals surface area (Å²) < 4.78 is 11.6. The molecule has 2 aliphatic heterocycles. The molecule has 33 heavy (non-hydrogen) atoms. The summed E-state index contributed by atoms with van der Waals surface area (Å²) in [6, 6.07) is 18.2. The standard InChI is InChI=1S/C27H32N2O4/c1-19-16-29(17-20(2)32-19)26(30)25-15-22-14-23(8-9-24(22)33-25)27(31)10-12-28(13-11-27)18-21-6-4-3-5-7-21/h3-9,14-15,19-20,31H,10-13,16-18H2,1-2H3/p+1. The molecular formula is C27H33N2O4+. The molecule has 1 aromatic heterocycles. The molecule has 2 unspecified atom stereocenters. The van der Waals surface area contributed by atoms with Crippen LogP contribution in [0.4, 0.5) is 0 Å². The lowest BCUT2D eigenvalue weighted by atomic mass is 9.84. The van der Waals surface area contributed by atoms with E-state index >= 15 is 0 Å². The van der Waals surface area contributed by atoms with Gasteiger partial charge in [0.2, 0.25) is 0 Å². The quantitative estimate of drug-likeness (QED) is 0.643. The molecule has 0 radical (unpaired) electrons. The number of piperidine rings is 1. The fraction of sp³-hybridized carbons (Fsp3) is 0.444. The van der Waals surface area contributed by atoms with E-state index < -0.39 is 5.60 Å². The van der Waals surface area contributed by atoms with Crippen molar-refractivity contribution in [2.24, 2.45) is 0 Å². The van der Waals surface area contributed by atoms with Crippen molar-refractivity contribution in [1.29, 1.82) is 0 Å². The first kappa shape index (κ1) is 22.1. The first-order valence-corrected chi connectivity index (χ1v) is 12.0. The number of carbonyl (C=O) groups excluding carboxylic acids is 1. The lowest BCUT2D eigenvalue weighted by Gasteiger charge is -2.36. The maximum absolute atomic E-state index is 13.0. The van der Waals surface area contributed by atoms with Crippen LogP contribution >= 0.6 is 0 Å². The highest BCUT2D eigenvalue weighted by atomic mass is 16.5. The number of benzene rings is 2. The highest BCUT2D eigenvalue weighted by Gasteiger charge is 2.36. The third-order valence-electron chi connectivity index (χ3n) is 7.05. The third-order valence-corrected chi connectivity index (χ3v) is 7.05. The summed E-state index contributed by atoms with van der Waals surface area (Å²) in [4.78, 5) is 16.3. The van der Waals surface area contributed by atoms with Gasteiger partial charge in [-0.25, -0.2) is 0 Å². The van der Waals surface area contributed by atoms with Gasteiger partial charge < -0.3 is 24.1 Å². The van der Waals surface area contributed by atoms with Crippen LogP contribution in [0.15, 0.2) is 59.0 Å². The molecule has 2 aliphatic rings. The van der Waals surface area contributed by atoms with E-state index in [4.69, 9.17) is 9.15 Å². The van der Waals surface area contributed by atoms with Gasteiger partial charge in [0.15, 0.2) is 5.76 Å². The van der Waals surface area contributed by atoms with E-state index in [1.54, 1.807) is 4.90 Å². The number of likely N-dealkylation sites (tertiary alicyclic amines) is 1. The molecule has 0 spiro atoms. The second-order valence-electron chi connectivity index (χ2n) is 9.77. The van der Waals surface area contributed by atoms with Crippen LogP contribution in [0.1, 0.15) is 48.4 Å². The molecule has 2 fully saturated rings. The van der Waals surface area contributed by atoms with E-state index in [2.05, 4.69) is 24.3 Å². The van der Waals surface area contributed by atoms with Crippen molar-refractivity contribution < 1.29 is 24.0 Å². The molecule has 3 aromatic rings. The summed E-state index contributed by atoms with van der Waals surface area (Å²) in [6.07, 6.45) is 1.46. The molecular weight excluding hydrogens is 416 g/mol. The second kappa shape index (κ2) is 8.93. The molecule has 6 heteroatoms. The Morgan fingerprint density at radius 1 is 1.06 bits per heavy atom. The number of rotatable bonds is 4. The average molecular weight is 450 g/mol. The van der Waals surface area contributed by atoms with Gasteiger partial charge in [-0.1, -0.05) is 36.4 Å². The van der Waals surface area contributed by atoms with Gasteiger partial charge in [-0.3, -0.25) is 4.79 Å². The third kappa shape index (κ3) is 4.69. The van der Waals surface area contributed by atoms with E-state index in [1.165, 1.54) is 10.5 Å². The molecule has 174 valence electrons. The number of carbonyl (C=O) groups is 1. The summed E-state index contributed by atoms with van der Waals surface area (Å²) in [6.45, 7) is 7.92. The van der Waals surface area contributed by atoms with Crippen molar-refractivity contribution in [3.63, 3.8) is 0 Å². The molecule has 2 atom stereocenters. The van der Waals surface area contributed by atoms with Crippen LogP contribution in [-0.2, 0) is 16.9 Å². The number of fused-ring (bicyclic) bond motifs is 1. The number of aliphatic hydroxyl groups is 1. The van der Waals surface area contributed by atoms with Crippen molar-refractivity contribution in [2.75, 3.05) is 26.2 Å². The van der Waals surface area contributed by atoms with E-state index in [0.29, 0.717) is 37.3 Å². The van der Waals surface area contributed by atoms with E-state index in [0.717, 1.165) is 30.6 Å². The van der Waals surface area contributed by atoms with Crippen LogP contribution in [0.25, 0.3) is 11.0 Å². The van der Waals surface area contributed by atoms with Gasteiger partial charge in [-0.05, 0) is 37.6 Å². The zero-order valence-corrected chi connectivity index (χ0v) is 19.4. The molecule has 6 nitrogen and oxygen atoms in total. The van der Waals surface area contributed by atoms with Crippen LogP contribution in [0.3, 0.4) is 0 Å². The molecule has 0 bridgehead atoms. The summed E-state index contributed by atoms with van der Waals surface area (Å²) in [7, 11) is 0. The van der Waals surface area contributed by atoms with Crippen LogP contribution < -0.4 is 4.90 Å². The van der Waals surface area contributed by atoms with Crippen LogP contribution in [0, 0.1) is 0 Å². The summed E-state index contributed by atoms with van der Waals surface area (Å²) in [5.41, 5.74) is 2.07.